The molecular formula is C16H19F2N3O3. The normalized spacial score (nSPS) is 12.6. The van der Waals surface area contributed by atoms with E-state index in [2.05, 4.69) is 4.99 Å². The molecule has 0 saturated heterocycles. The summed E-state index contributed by atoms with van der Waals surface area (Å²) in [7, 11) is 0. The van der Waals surface area contributed by atoms with Crippen LogP contribution in [0.1, 0.15) is 30.6 Å². The number of amidine groups is 1. The molecule has 0 heterocycles. The molecule has 0 aliphatic heterocycles. The Hall–Kier alpha value is -2.77. The minimum atomic E-state index is -1.04. The van der Waals surface area contributed by atoms with Gasteiger partial charge in [-0.25, -0.2) is 13.6 Å². The van der Waals surface area contributed by atoms with E-state index in [1.165, 1.54) is 6.92 Å². The Morgan fingerprint density at radius 1 is 1.25 bits per heavy atom. The third kappa shape index (κ3) is 5.15. The van der Waals surface area contributed by atoms with Crippen molar-refractivity contribution in [3.8, 4) is 0 Å². The quantitative estimate of drug-likeness (QED) is 0.258. The minimum absolute atomic E-state index is 0.0813. The predicted octanol–water partition coefficient (Wildman–Crippen LogP) is 1.69. The number of halogens is 2. The van der Waals surface area contributed by atoms with Gasteiger partial charge in [0, 0.05) is 18.3 Å². The highest BCUT2D eigenvalue weighted by Gasteiger charge is 2.20. The number of hydrogen-bond acceptors (Lipinski definition) is 5. The lowest BCUT2D eigenvalue weighted by molar-refractivity contribution is -0.137. The smallest absolute Gasteiger partial charge is 0.344 e. The van der Waals surface area contributed by atoms with Crippen LogP contribution in [0.5, 0.6) is 0 Å². The van der Waals surface area contributed by atoms with Gasteiger partial charge >= 0.3 is 5.97 Å². The molecule has 24 heavy (non-hydrogen) atoms. The van der Waals surface area contributed by atoms with Crippen LogP contribution in [0.25, 0.3) is 0 Å². The van der Waals surface area contributed by atoms with E-state index in [0.29, 0.717) is 12.6 Å². The number of carbonyl (C=O) groups excluding carboxylic acids is 2. The summed E-state index contributed by atoms with van der Waals surface area (Å²) in [5.74, 6) is -3.71. The number of hydrogen-bond donors (Lipinski definition) is 2. The van der Waals surface area contributed by atoms with Gasteiger partial charge in [0.05, 0.1) is 5.56 Å². The number of nitrogens with zero attached hydrogens (tertiary/aromatic N) is 1. The summed E-state index contributed by atoms with van der Waals surface area (Å²) in [6.45, 7) is 2.98. The van der Waals surface area contributed by atoms with E-state index in [9.17, 15) is 18.4 Å². The van der Waals surface area contributed by atoms with E-state index in [1.54, 1.807) is 0 Å². The van der Waals surface area contributed by atoms with Crippen molar-refractivity contribution in [2.75, 3.05) is 13.2 Å². The van der Waals surface area contributed by atoms with Crippen molar-refractivity contribution in [3.05, 3.63) is 46.7 Å². The Morgan fingerprint density at radius 3 is 2.46 bits per heavy atom. The van der Waals surface area contributed by atoms with Crippen LogP contribution in [0, 0.1) is 11.6 Å². The van der Waals surface area contributed by atoms with Crippen molar-refractivity contribution in [3.63, 3.8) is 0 Å². The Kier molecular flexibility index (Phi) is 7.03. The molecule has 1 aromatic rings. The van der Waals surface area contributed by atoms with Gasteiger partial charge in [0.1, 0.15) is 23.0 Å². The Labute approximate surface area is 138 Å². The Morgan fingerprint density at radius 2 is 1.92 bits per heavy atom. The lowest BCUT2D eigenvalue weighted by Crippen LogP contribution is -2.28. The number of esters is 1. The molecule has 6 nitrogen and oxygen atoms in total. The second-order valence-electron chi connectivity index (χ2n) is 4.95. The molecule has 1 aromatic carbocycles. The van der Waals surface area contributed by atoms with Crippen molar-refractivity contribution in [2.45, 2.75) is 20.3 Å². The molecule has 0 bridgehead atoms. The molecule has 0 aliphatic rings. The highest BCUT2D eigenvalue weighted by molar-refractivity contribution is 6.19. The maximum Gasteiger partial charge on any atom is 0.344 e. The summed E-state index contributed by atoms with van der Waals surface area (Å²) in [5, 5.41) is 0. The van der Waals surface area contributed by atoms with Crippen LogP contribution in [0.4, 0.5) is 8.78 Å². The van der Waals surface area contributed by atoms with Crippen LogP contribution in [-0.4, -0.2) is 30.7 Å². The zero-order chi connectivity index (χ0) is 18.3. The molecule has 1 rings (SSSR count). The van der Waals surface area contributed by atoms with E-state index < -0.39 is 30.0 Å². The Bertz CT molecular complexity index is 696. The Balaban J connectivity index is 2.83. The van der Waals surface area contributed by atoms with Gasteiger partial charge in [0.2, 0.25) is 5.78 Å². The van der Waals surface area contributed by atoms with Gasteiger partial charge in [-0.05, 0) is 25.5 Å². The number of Topliss-reactive ketones (excluding diaryl/α,β-unsaturated/α-hetero) is 1. The van der Waals surface area contributed by atoms with Crippen molar-refractivity contribution >= 4 is 17.6 Å². The summed E-state index contributed by atoms with van der Waals surface area (Å²) in [4.78, 5) is 27.9. The lowest BCUT2D eigenvalue weighted by atomic mass is 10.1. The number of rotatable bonds is 7. The number of benzene rings is 1. The number of carbonyl (C=O) groups is 2. The first-order chi connectivity index (χ1) is 11.3. The maximum absolute atomic E-state index is 13.5. The minimum Gasteiger partial charge on any atom is -0.454 e. The standard InChI is InChI=1S/C16H19F2N3O3/c1-3-6-21-15(20)14(9(2)19)16(23)24-8-13(22)11-5-4-10(17)7-12(11)18/h4-5,7H,3,6,8,19H2,1-2H3,(H2,20,21)/b14-9+. The van der Waals surface area contributed by atoms with Gasteiger partial charge in [-0.1, -0.05) is 6.92 Å². The van der Waals surface area contributed by atoms with Crippen molar-refractivity contribution in [1.82, 2.24) is 0 Å². The molecule has 0 amide bonds. The second-order valence-corrected chi connectivity index (χ2v) is 4.95. The molecule has 0 aliphatic carbocycles. The molecule has 130 valence electrons. The first-order valence-corrected chi connectivity index (χ1v) is 7.19. The van der Waals surface area contributed by atoms with Crippen LogP contribution >= 0.6 is 0 Å². The molecule has 0 atom stereocenters. The van der Waals surface area contributed by atoms with Crippen LogP contribution in [0.15, 0.2) is 34.5 Å². The number of aliphatic imine (C=N–C) groups is 1. The monoisotopic (exact) mass is 339 g/mol. The highest BCUT2D eigenvalue weighted by Crippen LogP contribution is 2.11. The zero-order valence-electron chi connectivity index (χ0n) is 13.4. The SMILES string of the molecule is CCCN=C(N)/C(C(=O)OCC(=O)c1ccc(F)cc1F)=C(/C)N. The van der Waals surface area contributed by atoms with Gasteiger partial charge in [-0.2, -0.15) is 0 Å². The third-order valence-electron chi connectivity index (χ3n) is 2.93. The molecule has 0 aromatic heterocycles. The molecule has 0 unspecified atom stereocenters. The molecular weight excluding hydrogens is 320 g/mol. The van der Waals surface area contributed by atoms with Crippen molar-refractivity contribution in [2.24, 2.45) is 16.5 Å². The maximum atomic E-state index is 13.5. The van der Waals surface area contributed by atoms with E-state index in [0.717, 1.165) is 18.6 Å². The number of ether oxygens (including phenoxy) is 1. The molecule has 0 saturated carbocycles. The first kappa shape index (κ1) is 19.3. The highest BCUT2D eigenvalue weighted by atomic mass is 19.1. The molecule has 0 spiro atoms. The largest absolute Gasteiger partial charge is 0.454 e. The third-order valence-corrected chi connectivity index (χ3v) is 2.93. The van der Waals surface area contributed by atoms with Gasteiger partial charge in [0.25, 0.3) is 0 Å². The summed E-state index contributed by atoms with van der Waals surface area (Å²) in [6.07, 6.45) is 0.717. The predicted molar refractivity (Wildman–Crippen MR) is 85.3 cm³/mol. The number of nitrogens with two attached hydrogens (primary N) is 2. The van der Waals surface area contributed by atoms with Crippen LogP contribution in [0.2, 0.25) is 0 Å². The fraction of sp³-hybridized carbons (Fsp3) is 0.312. The van der Waals surface area contributed by atoms with Gasteiger partial charge in [-0.15, -0.1) is 0 Å². The molecule has 0 radical (unpaired) electrons. The summed E-state index contributed by atoms with van der Waals surface area (Å²) < 4.78 is 31.2. The average Bonchev–Trinajstić information content (AvgIpc) is 2.50. The molecule has 8 heteroatoms. The fourth-order valence-corrected chi connectivity index (χ4v) is 1.78. The van der Waals surface area contributed by atoms with Gasteiger partial charge in [-0.3, -0.25) is 9.79 Å². The molecule has 4 N–H and O–H groups in total. The summed E-state index contributed by atoms with van der Waals surface area (Å²) >= 11 is 0. The van der Waals surface area contributed by atoms with Gasteiger partial charge < -0.3 is 16.2 Å². The van der Waals surface area contributed by atoms with Gasteiger partial charge in [0.15, 0.2) is 6.61 Å². The lowest BCUT2D eigenvalue weighted by Gasteiger charge is -2.10. The van der Waals surface area contributed by atoms with E-state index in [-0.39, 0.29) is 22.7 Å². The van der Waals surface area contributed by atoms with Crippen LogP contribution < -0.4 is 11.5 Å². The first-order valence-electron chi connectivity index (χ1n) is 7.19. The van der Waals surface area contributed by atoms with Crippen LogP contribution in [-0.2, 0) is 9.53 Å². The fourth-order valence-electron chi connectivity index (χ4n) is 1.78. The van der Waals surface area contributed by atoms with Crippen molar-refractivity contribution < 1.29 is 23.1 Å². The van der Waals surface area contributed by atoms with E-state index in [4.69, 9.17) is 16.2 Å². The van der Waals surface area contributed by atoms with Crippen molar-refractivity contribution in [1.29, 1.82) is 0 Å². The summed E-state index contributed by atoms with van der Waals surface area (Å²) in [5.41, 5.74) is 10.8. The molecule has 0 fully saturated rings. The topological polar surface area (TPSA) is 108 Å². The zero-order valence-corrected chi connectivity index (χ0v) is 13.4. The second kappa shape index (κ2) is 8.76. The van der Waals surface area contributed by atoms with E-state index in [1.807, 2.05) is 6.92 Å². The van der Waals surface area contributed by atoms with E-state index >= 15 is 0 Å². The average molecular weight is 339 g/mol. The number of allylic oxidation sites excluding steroid dienone is 1. The number of ketones is 1. The summed E-state index contributed by atoms with van der Waals surface area (Å²) in [6, 6.07) is 2.48. The van der Waals surface area contributed by atoms with Crippen LogP contribution in [0.3, 0.4) is 0 Å².